The minimum Gasteiger partial charge on any atom is -0.481 e. The lowest BCUT2D eigenvalue weighted by Crippen LogP contribution is -1.99. The summed E-state index contributed by atoms with van der Waals surface area (Å²) < 4.78 is 4.86. The molecule has 0 fully saturated rings. The Balaban J connectivity index is 2.21. The summed E-state index contributed by atoms with van der Waals surface area (Å²) in [6.45, 7) is 0. The Labute approximate surface area is 86.2 Å². The Bertz CT molecular complexity index is 445. The minimum absolute atomic E-state index is 0.0408. The molecule has 15 heavy (non-hydrogen) atoms. The van der Waals surface area contributed by atoms with Crippen LogP contribution in [-0.4, -0.2) is 16.1 Å². The van der Waals surface area contributed by atoms with Gasteiger partial charge in [0.1, 0.15) is 12.0 Å². The molecule has 2 aromatic rings. The van der Waals surface area contributed by atoms with Crippen molar-refractivity contribution in [1.29, 1.82) is 0 Å². The summed E-state index contributed by atoms with van der Waals surface area (Å²) in [5.41, 5.74) is 2.43. The summed E-state index contributed by atoms with van der Waals surface area (Å²) in [5.74, 6) is -0.829. The number of oxazole rings is 1. The molecule has 0 saturated carbocycles. The molecule has 1 heterocycles. The van der Waals surface area contributed by atoms with Crippen molar-refractivity contribution in [1.82, 2.24) is 4.98 Å². The van der Waals surface area contributed by atoms with Crippen molar-refractivity contribution >= 4 is 5.97 Å². The van der Waals surface area contributed by atoms with Crippen molar-refractivity contribution in [3.05, 3.63) is 42.5 Å². The van der Waals surface area contributed by atoms with Crippen molar-refractivity contribution in [2.45, 2.75) is 6.42 Å². The maximum atomic E-state index is 10.5. The lowest BCUT2D eigenvalue weighted by Gasteiger charge is -1.98. The molecule has 0 saturated heterocycles. The predicted octanol–water partition coefficient (Wildman–Crippen LogP) is 1.97. The van der Waals surface area contributed by atoms with E-state index in [-0.39, 0.29) is 6.42 Å². The highest BCUT2D eigenvalue weighted by molar-refractivity contribution is 5.70. The first-order valence-electron chi connectivity index (χ1n) is 4.45. The molecule has 0 amide bonds. The SMILES string of the molecule is O=C(O)Cc1ccc(-c2cocn2)cc1. The van der Waals surface area contributed by atoms with Gasteiger partial charge in [-0.15, -0.1) is 0 Å². The number of carboxylic acid groups (broad SMARTS) is 1. The van der Waals surface area contributed by atoms with E-state index in [1.165, 1.54) is 6.39 Å². The number of hydrogen-bond acceptors (Lipinski definition) is 3. The smallest absolute Gasteiger partial charge is 0.307 e. The summed E-state index contributed by atoms with van der Waals surface area (Å²) in [7, 11) is 0. The van der Waals surface area contributed by atoms with Crippen LogP contribution in [0.5, 0.6) is 0 Å². The topological polar surface area (TPSA) is 63.3 Å². The van der Waals surface area contributed by atoms with Gasteiger partial charge in [0.2, 0.25) is 0 Å². The molecule has 0 atom stereocenters. The Morgan fingerprint density at radius 1 is 1.33 bits per heavy atom. The fourth-order valence-corrected chi connectivity index (χ4v) is 1.32. The van der Waals surface area contributed by atoms with Crippen LogP contribution in [0.4, 0.5) is 0 Å². The van der Waals surface area contributed by atoms with E-state index < -0.39 is 5.97 Å². The summed E-state index contributed by atoms with van der Waals surface area (Å²) in [6.07, 6.45) is 2.95. The fraction of sp³-hybridized carbons (Fsp3) is 0.0909. The molecule has 76 valence electrons. The van der Waals surface area contributed by atoms with Crippen LogP contribution in [-0.2, 0) is 11.2 Å². The average Bonchev–Trinajstić information content (AvgIpc) is 2.71. The van der Waals surface area contributed by atoms with Crippen LogP contribution in [0.2, 0.25) is 0 Å². The first kappa shape index (κ1) is 9.45. The number of aromatic nitrogens is 1. The summed E-state index contributed by atoms with van der Waals surface area (Å²) in [4.78, 5) is 14.4. The van der Waals surface area contributed by atoms with Crippen molar-refractivity contribution in [2.24, 2.45) is 0 Å². The van der Waals surface area contributed by atoms with Gasteiger partial charge >= 0.3 is 5.97 Å². The maximum Gasteiger partial charge on any atom is 0.307 e. The van der Waals surface area contributed by atoms with Crippen LogP contribution in [0.3, 0.4) is 0 Å². The third kappa shape index (κ3) is 2.22. The van der Waals surface area contributed by atoms with Gasteiger partial charge in [-0.2, -0.15) is 0 Å². The number of nitrogens with zero attached hydrogens (tertiary/aromatic N) is 1. The second-order valence-electron chi connectivity index (χ2n) is 3.14. The van der Waals surface area contributed by atoms with Gasteiger partial charge in [-0.25, -0.2) is 4.98 Å². The van der Waals surface area contributed by atoms with Crippen molar-refractivity contribution in [3.63, 3.8) is 0 Å². The molecule has 1 aromatic heterocycles. The van der Waals surface area contributed by atoms with E-state index in [0.29, 0.717) is 0 Å². The van der Waals surface area contributed by atoms with Crippen molar-refractivity contribution in [3.8, 4) is 11.3 Å². The molecule has 4 heteroatoms. The summed E-state index contributed by atoms with van der Waals surface area (Å²) >= 11 is 0. The van der Waals surface area contributed by atoms with Gasteiger partial charge in [-0.3, -0.25) is 4.79 Å². The standard InChI is InChI=1S/C11H9NO3/c13-11(14)5-8-1-3-9(4-2-8)10-6-15-7-12-10/h1-4,6-7H,5H2,(H,13,14). The highest BCUT2D eigenvalue weighted by Crippen LogP contribution is 2.17. The molecule has 0 aliphatic heterocycles. The van der Waals surface area contributed by atoms with Gasteiger partial charge in [0.05, 0.1) is 6.42 Å². The van der Waals surface area contributed by atoms with Crippen LogP contribution in [0.25, 0.3) is 11.3 Å². The van der Waals surface area contributed by atoms with Crippen LogP contribution in [0.1, 0.15) is 5.56 Å². The Morgan fingerprint density at radius 3 is 2.60 bits per heavy atom. The van der Waals surface area contributed by atoms with Gasteiger partial charge in [0.15, 0.2) is 6.39 Å². The highest BCUT2D eigenvalue weighted by atomic mass is 16.4. The lowest BCUT2D eigenvalue weighted by atomic mass is 10.1. The van der Waals surface area contributed by atoms with Crippen molar-refractivity contribution < 1.29 is 14.3 Å². The fourth-order valence-electron chi connectivity index (χ4n) is 1.32. The van der Waals surface area contributed by atoms with Crippen LogP contribution < -0.4 is 0 Å². The van der Waals surface area contributed by atoms with Gasteiger partial charge in [0.25, 0.3) is 0 Å². The third-order valence-electron chi connectivity index (χ3n) is 2.04. The summed E-state index contributed by atoms with van der Waals surface area (Å²) in [5, 5.41) is 8.59. The van der Waals surface area contributed by atoms with Gasteiger partial charge in [-0.05, 0) is 5.56 Å². The largest absolute Gasteiger partial charge is 0.481 e. The molecule has 0 unspecified atom stereocenters. The Kier molecular flexibility index (Phi) is 2.49. The zero-order valence-electron chi connectivity index (χ0n) is 7.88. The molecular formula is C11H9NO3. The van der Waals surface area contributed by atoms with E-state index in [9.17, 15) is 4.79 Å². The first-order valence-corrected chi connectivity index (χ1v) is 4.45. The Morgan fingerprint density at radius 2 is 2.07 bits per heavy atom. The molecule has 2 rings (SSSR count). The second kappa shape index (κ2) is 3.96. The normalized spacial score (nSPS) is 10.1. The molecular weight excluding hydrogens is 194 g/mol. The van der Waals surface area contributed by atoms with Crippen LogP contribution in [0.15, 0.2) is 41.3 Å². The zero-order valence-corrected chi connectivity index (χ0v) is 7.88. The third-order valence-corrected chi connectivity index (χ3v) is 2.04. The molecule has 0 bridgehead atoms. The zero-order chi connectivity index (χ0) is 10.7. The van der Waals surface area contributed by atoms with Gasteiger partial charge in [-0.1, -0.05) is 24.3 Å². The molecule has 4 nitrogen and oxygen atoms in total. The Hall–Kier alpha value is -2.10. The van der Waals surface area contributed by atoms with Crippen molar-refractivity contribution in [2.75, 3.05) is 0 Å². The minimum atomic E-state index is -0.829. The molecule has 0 aliphatic carbocycles. The van der Waals surface area contributed by atoms with E-state index in [4.69, 9.17) is 9.52 Å². The van der Waals surface area contributed by atoms with E-state index in [1.807, 2.05) is 12.1 Å². The number of rotatable bonds is 3. The molecule has 0 aliphatic rings. The highest BCUT2D eigenvalue weighted by Gasteiger charge is 2.02. The molecule has 1 aromatic carbocycles. The molecule has 0 spiro atoms. The lowest BCUT2D eigenvalue weighted by molar-refractivity contribution is -0.136. The van der Waals surface area contributed by atoms with E-state index in [0.717, 1.165) is 16.8 Å². The maximum absolute atomic E-state index is 10.5. The van der Waals surface area contributed by atoms with E-state index in [1.54, 1.807) is 18.4 Å². The molecule has 0 radical (unpaired) electrons. The number of hydrogen-bond donors (Lipinski definition) is 1. The monoisotopic (exact) mass is 203 g/mol. The number of carboxylic acids is 1. The predicted molar refractivity (Wildman–Crippen MR) is 53.3 cm³/mol. The number of aliphatic carboxylic acids is 1. The quantitative estimate of drug-likeness (QED) is 0.828. The van der Waals surface area contributed by atoms with E-state index >= 15 is 0 Å². The number of benzene rings is 1. The molecule has 1 N–H and O–H groups in total. The van der Waals surface area contributed by atoms with Crippen LogP contribution in [0, 0.1) is 0 Å². The second-order valence-corrected chi connectivity index (χ2v) is 3.14. The van der Waals surface area contributed by atoms with Crippen LogP contribution >= 0.6 is 0 Å². The number of carbonyl (C=O) groups is 1. The average molecular weight is 203 g/mol. The van der Waals surface area contributed by atoms with Gasteiger partial charge in [0, 0.05) is 5.56 Å². The first-order chi connectivity index (χ1) is 7.25. The summed E-state index contributed by atoms with van der Waals surface area (Å²) in [6, 6.07) is 7.21. The van der Waals surface area contributed by atoms with Gasteiger partial charge < -0.3 is 9.52 Å². The van der Waals surface area contributed by atoms with E-state index in [2.05, 4.69) is 4.98 Å².